The first-order valence-corrected chi connectivity index (χ1v) is 9.38. The van der Waals surface area contributed by atoms with E-state index in [1.807, 2.05) is 53.4 Å². The zero-order chi connectivity index (χ0) is 18.4. The maximum Gasteiger partial charge on any atom is 0.252 e. The monoisotopic (exact) mass is 350 g/mol. The fourth-order valence-corrected chi connectivity index (χ4v) is 3.09. The molecule has 0 saturated heterocycles. The Kier molecular flexibility index (Phi) is 6.05. The molecular weight excluding hydrogens is 324 g/mol. The van der Waals surface area contributed by atoms with Crippen LogP contribution in [0.25, 0.3) is 0 Å². The van der Waals surface area contributed by atoms with Crippen molar-refractivity contribution < 1.29 is 9.59 Å². The number of benzene rings is 2. The van der Waals surface area contributed by atoms with Crippen LogP contribution in [0.5, 0.6) is 0 Å². The number of carbonyl (C=O) groups excluding carboxylic acids is 2. The number of nitrogens with one attached hydrogen (secondary N) is 1. The lowest BCUT2D eigenvalue weighted by atomic mass is 10.0. The van der Waals surface area contributed by atoms with E-state index in [0.717, 1.165) is 25.1 Å². The number of hydrogen-bond donors (Lipinski definition) is 1. The molecule has 3 rings (SSSR count). The van der Waals surface area contributed by atoms with Crippen LogP contribution in [0.4, 0.5) is 0 Å². The Morgan fingerprint density at radius 2 is 1.65 bits per heavy atom. The molecule has 0 radical (unpaired) electrons. The summed E-state index contributed by atoms with van der Waals surface area (Å²) in [5.41, 5.74) is 1.38. The van der Waals surface area contributed by atoms with Crippen molar-refractivity contribution in [3.8, 4) is 0 Å². The number of nitrogens with zero attached hydrogens (tertiary/aromatic N) is 1. The minimum absolute atomic E-state index is 0.0192. The number of hydrogen-bond acceptors (Lipinski definition) is 2. The van der Waals surface area contributed by atoms with Gasteiger partial charge in [-0.3, -0.25) is 9.59 Å². The van der Waals surface area contributed by atoms with E-state index in [-0.39, 0.29) is 11.8 Å². The van der Waals surface area contributed by atoms with Gasteiger partial charge in [0.15, 0.2) is 0 Å². The Hall–Kier alpha value is -2.62. The van der Waals surface area contributed by atoms with Crippen molar-refractivity contribution in [3.63, 3.8) is 0 Å². The van der Waals surface area contributed by atoms with Crippen LogP contribution in [0.15, 0.2) is 60.7 Å². The molecule has 4 heteroatoms. The lowest BCUT2D eigenvalue weighted by molar-refractivity contribution is -0.133. The summed E-state index contributed by atoms with van der Waals surface area (Å²) in [4.78, 5) is 27.9. The molecule has 0 aromatic heterocycles. The van der Waals surface area contributed by atoms with Gasteiger partial charge in [0, 0.05) is 18.7 Å². The second-order valence-electron chi connectivity index (χ2n) is 6.91. The van der Waals surface area contributed by atoms with Crippen molar-refractivity contribution in [2.75, 3.05) is 13.1 Å². The molecular formula is C22H26N2O2. The van der Waals surface area contributed by atoms with Gasteiger partial charge in [-0.1, -0.05) is 55.5 Å². The maximum absolute atomic E-state index is 13.3. The molecule has 2 aromatic rings. The molecule has 2 amide bonds. The van der Waals surface area contributed by atoms with Crippen LogP contribution in [0.1, 0.15) is 48.1 Å². The van der Waals surface area contributed by atoms with Crippen molar-refractivity contribution >= 4 is 11.8 Å². The zero-order valence-corrected chi connectivity index (χ0v) is 15.2. The van der Waals surface area contributed by atoms with Gasteiger partial charge in [0.2, 0.25) is 5.91 Å². The molecule has 2 aromatic carbocycles. The number of carbonyl (C=O) groups is 2. The molecule has 0 spiro atoms. The van der Waals surface area contributed by atoms with Gasteiger partial charge in [-0.2, -0.15) is 0 Å². The van der Waals surface area contributed by atoms with E-state index >= 15 is 0 Å². The Balaban J connectivity index is 1.82. The van der Waals surface area contributed by atoms with Crippen LogP contribution in [0.2, 0.25) is 0 Å². The average Bonchev–Trinajstić information content (AvgIpc) is 3.50. The standard InChI is InChI=1S/C22H26N2O2/c1-2-15-24(16-17-13-14-17)22(26)20(18-9-5-3-6-10-18)23-21(25)19-11-7-4-8-12-19/h3-12,17,20H,2,13-16H2,1H3,(H,23,25). The quantitative estimate of drug-likeness (QED) is 0.787. The summed E-state index contributed by atoms with van der Waals surface area (Å²) in [7, 11) is 0. The fraction of sp³-hybridized carbons (Fsp3) is 0.364. The molecule has 136 valence electrons. The second kappa shape index (κ2) is 8.65. The lowest BCUT2D eigenvalue weighted by Crippen LogP contribution is -2.44. The zero-order valence-electron chi connectivity index (χ0n) is 15.2. The predicted octanol–water partition coefficient (Wildman–Crippen LogP) is 3.81. The first-order chi connectivity index (χ1) is 12.7. The van der Waals surface area contributed by atoms with E-state index in [2.05, 4.69) is 12.2 Å². The first kappa shape index (κ1) is 18.2. The van der Waals surface area contributed by atoms with Crippen LogP contribution in [-0.2, 0) is 4.79 Å². The molecule has 4 nitrogen and oxygen atoms in total. The maximum atomic E-state index is 13.3. The molecule has 1 saturated carbocycles. The molecule has 1 fully saturated rings. The van der Waals surface area contributed by atoms with Crippen LogP contribution >= 0.6 is 0 Å². The van der Waals surface area contributed by atoms with Crippen LogP contribution in [0, 0.1) is 5.92 Å². The van der Waals surface area contributed by atoms with Crippen molar-refractivity contribution in [2.24, 2.45) is 5.92 Å². The fourth-order valence-electron chi connectivity index (χ4n) is 3.09. The lowest BCUT2D eigenvalue weighted by Gasteiger charge is -2.28. The highest BCUT2D eigenvalue weighted by molar-refractivity contribution is 5.97. The van der Waals surface area contributed by atoms with Crippen molar-refractivity contribution in [1.29, 1.82) is 0 Å². The van der Waals surface area contributed by atoms with E-state index in [1.54, 1.807) is 12.1 Å². The summed E-state index contributed by atoms with van der Waals surface area (Å²) in [6.45, 7) is 3.59. The summed E-state index contributed by atoms with van der Waals surface area (Å²) < 4.78 is 0. The van der Waals surface area contributed by atoms with Crippen molar-refractivity contribution in [1.82, 2.24) is 10.2 Å². The summed E-state index contributed by atoms with van der Waals surface area (Å²) in [6, 6.07) is 17.9. The second-order valence-corrected chi connectivity index (χ2v) is 6.91. The van der Waals surface area contributed by atoms with Gasteiger partial charge in [-0.15, -0.1) is 0 Å². The third kappa shape index (κ3) is 4.72. The van der Waals surface area contributed by atoms with Crippen molar-refractivity contribution in [3.05, 3.63) is 71.8 Å². The van der Waals surface area contributed by atoms with E-state index in [0.29, 0.717) is 11.5 Å². The third-order valence-electron chi connectivity index (χ3n) is 4.67. The number of rotatable bonds is 8. The highest BCUT2D eigenvalue weighted by atomic mass is 16.2. The summed E-state index contributed by atoms with van der Waals surface area (Å²) in [6.07, 6.45) is 3.30. The van der Waals surface area contributed by atoms with Gasteiger partial charge in [0.25, 0.3) is 5.91 Å². The number of amides is 2. The van der Waals surface area contributed by atoms with Crippen molar-refractivity contribution in [2.45, 2.75) is 32.2 Å². The largest absolute Gasteiger partial charge is 0.340 e. The first-order valence-electron chi connectivity index (χ1n) is 9.38. The summed E-state index contributed by atoms with van der Waals surface area (Å²) >= 11 is 0. The van der Waals surface area contributed by atoms with E-state index in [4.69, 9.17) is 0 Å². The normalized spacial score (nSPS) is 14.5. The van der Waals surface area contributed by atoms with Crippen LogP contribution in [0.3, 0.4) is 0 Å². The molecule has 0 heterocycles. The topological polar surface area (TPSA) is 49.4 Å². The SMILES string of the molecule is CCCN(CC1CC1)C(=O)C(NC(=O)c1ccccc1)c1ccccc1. The molecule has 1 unspecified atom stereocenters. The van der Waals surface area contributed by atoms with Gasteiger partial charge in [-0.05, 0) is 42.9 Å². The van der Waals surface area contributed by atoms with E-state index < -0.39 is 6.04 Å². The average molecular weight is 350 g/mol. The predicted molar refractivity (Wildman–Crippen MR) is 103 cm³/mol. The minimum Gasteiger partial charge on any atom is -0.340 e. The van der Waals surface area contributed by atoms with Gasteiger partial charge in [0.1, 0.15) is 6.04 Å². The molecule has 0 bridgehead atoms. The van der Waals surface area contributed by atoms with Gasteiger partial charge >= 0.3 is 0 Å². The smallest absolute Gasteiger partial charge is 0.252 e. The summed E-state index contributed by atoms with van der Waals surface area (Å²) in [5, 5.41) is 2.95. The third-order valence-corrected chi connectivity index (χ3v) is 4.67. The van der Waals surface area contributed by atoms with E-state index in [1.165, 1.54) is 12.8 Å². The Labute approximate surface area is 155 Å². The van der Waals surface area contributed by atoms with Crippen LogP contribution < -0.4 is 5.32 Å². The highest BCUT2D eigenvalue weighted by Gasteiger charge is 2.31. The van der Waals surface area contributed by atoms with Crippen LogP contribution in [-0.4, -0.2) is 29.8 Å². The minimum atomic E-state index is -0.658. The molecule has 26 heavy (non-hydrogen) atoms. The molecule has 1 N–H and O–H groups in total. The van der Waals surface area contributed by atoms with Gasteiger partial charge in [0.05, 0.1) is 0 Å². The van der Waals surface area contributed by atoms with E-state index in [9.17, 15) is 9.59 Å². The highest BCUT2D eigenvalue weighted by Crippen LogP contribution is 2.30. The molecule has 1 aliphatic carbocycles. The molecule has 1 aliphatic rings. The summed E-state index contributed by atoms with van der Waals surface area (Å²) in [5.74, 6) is 0.372. The Bertz CT molecular complexity index is 726. The van der Waals surface area contributed by atoms with Gasteiger partial charge < -0.3 is 10.2 Å². The van der Waals surface area contributed by atoms with Gasteiger partial charge in [-0.25, -0.2) is 0 Å². The molecule has 1 atom stereocenters. The Morgan fingerprint density at radius 3 is 2.23 bits per heavy atom. The molecule has 0 aliphatic heterocycles. The Morgan fingerprint density at radius 1 is 1.04 bits per heavy atom.